The summed E-state index contributed by atoms with van der Waals surface area (Å²) in [6.45, 7) is 7.61. The Labute approximate surface area is 177 Å². The number of rotatable bonds is 8. The fourth-order valence-electron chi connectivity index (χ4n) is 3.32. The predicted octanol–water partition coefficient (Wildman–Crippen LogP) is 1.08. The SMILES string of the molecule is CCNC(=O)COc1cccc(CNC(=NC)N2CCN(Cc3ccon3)CC2)c1. The molecule has 2 aromatic rings. The first kappa shape index (κ1) is 21.6. The van der Waals surface area contributed by atoms with E-state index in [4.69, 9.17) is 9.26 Å². The largest absolute Gasteiger partial charge is 0.484 e. The van der Waals surface area contributed by atoms with Crippen LogP contribution < -0.4 is 15.4 Å². The number of piperazine rings is 1. The fraction of sp³-hybridized carbons (Fsp3) is 0.476. The number of hydrogen-bond acceptors (Lipinski definition) is 6. The Bertz CT molecular complexity index is 816. The van der Waals surface area contributed by atoms with Crippen molar-refractivity contribution >= 4 is 11.9 Å². The van der Waals surface area contributed by atoms with Crippen LogP contribution in [-0.2, 0) is 17.9 Å². The Balaban J connectivity index is 1.45. The zero-order valence-corrected chi connectivity index (χ0v) is 17.6. The standard InChI is InChI=1S/C21H30N6O3/c1-3-23-20(28)16-29-19-6-4-5-17(13-19)14-24-21(22-2)27-10-8-26(9-11-27)15-18-7-12-30-25-18/h4-7,12-13H,3,8-11,14-16H2,1-2H3,(H,22,24)(H,23,28). The lowest BCUT2D eigenvalue weighted by atomic mass is 10.2. The Hall–Kier alpha value is -3.07. The van der Waals surface area contributed by atoms with E-state index in [-0.39, 0.29) is 12.5 Å². The van der Waals surface area contributed by atoms with Gasteiger partial charge >= 0.3 is 0 Å². The van der Waals surface area contributed by atoms with Gasteiger partial charge < -0.3 is 24.8 Å². The molecule has 1 fully saturated rings. The molecule has 30 heavy (non-hydrogen) atoms. The number of nitrogens with zero attached hydrogens (tertiary/aromatic N) is 4. The minimum absolute atomic E-state index is 0.0189. The predicted molar refractivity (Wildman–Crippen MR) is 114 cm³/mol. The average molecular weight is 415 g/mol. The molecule has 1 aromatic carbocycles. The first-order chi connectivity index (χ1) is 14.7. The summed E-state index contributed by atoms with van der Waals surface area (Å²) in [6, 6.07) is 9.65. The molecule has 0 radical (unpaired) electrons. The second-order valence-electron chi connectivity index (χ2n) is 7.04. The summed E-state index contributed by atoms with van der Waals surface area (Å²) in [7, 11) is 1.80. The van der Waals surface area contributed by atoms with Crippen molar-refractivity contribution < 1.29 is 14.1 Å². The molecule has 2 N–H and O–H groups in total. The Kier molecular flexibility index (Phi) is 8.08. The van der Waals surface area contributed by atoms with Crippen LogP contribution in [0, 0.1) is 0 Å². The molecule has 9 nitrogen and oxygen atoms in total. The van der Waals surface area contributed by atoms with Crippen LogP contribution in [0.1, 0.15) is 18.2 Å². The number of hydrogen-bond donors (Lipinski definition) is 2. The first-order valence-corrected chi connectivity index (χ1v) is 10.2. The molecule has 1 aliphatic rings. The van der Waals surface area contributed by atoms with Crippen LogP contribution in [-0.4, -0.2) is 73.2 Å². The maximum Gasteiger partial charge on any atom is 0.257 e. The molecule has 0 saturated carbocycles. The zero-order valence-electron chi connectivity index (χ0n) is 17.6. The molecule has 2 heterocycles. The van der Waals surface area contributed by atoms with Crippen LogP contribution in [0.2, 0.25) is 0 Å². The van der Waals surface area contributed by atoms with Crippen LogP contribution in [0.15, 0.2) is 46.1 Å². The summed E-state index contributed by atoms with van der Waals surface area (Å²) in [4.78, 5) is 20.6. The van der Waals surface area contributed by atoms with Crippen LogP contribution in [0.4, 0.5) is 0 Å². The Morgan fingerprint density at radius 2 is 2.07 bits per heavy atom. The maximum atomic E-state index is 11.6. The minimum atomic E-state index is -0.121. The van der Waals surface area contributed by atoms with Crippen molar-refractivity contribution in [2.24, 2.45) is 4.99 Å². The molecule has 3 rings (SSSR count). The van der Waals surface area contributed by atoms with Gasteiger partial charge in [0.25, 0.3) is 5.91 Å². The number of nitrogens with one attached hydrogen (secondary N) is 2. The summed E-state index contributed by atoms with van der Waals surface area (Å²) in [5.41, 5.74) is 2.02. The van der Waals surface area contributed by atoms with Gasteiger partial charge in [-0.25, -0.2) is 0 Å². The summed E-state index contributed by atoms with van der Waals surface area (Å²) < 4.78 is 10.5. The maximum absolute atomic E-state index is 11.6. The molecule has 0 unspecified atom stereocenters. The van der Waals surface area contributed by atoms with Crippen molar-refractivity contribution in [1.82, 2.24) is 25.6 Å². The highest BCUT2D eigenvalue weighted by molar-refractivity contribution is 5.80. The van der Waals surface area contributed by atoms with Gasteiger partial charge in [-0.2, -0.15) is 0 Å². The monoisotopic (exact) mass is 414 g/mol. The molecule has 0 spiro atoms. The summed E-state index contributed by atoms with van der Waals surface area (Å²) >= 11 is 0. The van der Waals surface area contributed by atoms with E-state index in [0.29, 0.717) is 18.8 Å². The third-order valence-corrected chi connectivity index (χ3v) is 4.85. The van der Waals surface area contributed by atoms with Gasteiger partial charge in [-0.3, -0.25) is 14.7 Å². The molecule has 0 aliphatic carbocycles. The molecular formula is C21H30N6O3. The highest BCUT2D eigenvalue weighted by atomic mass is 16.5. The second-order valence-corrected chi connectivity index (χ2v) is 7.04. The Morgan fingerprint density at radius 1 is 1.23 bits per heavy atom. The first-order valence-electron chi connectivity index (χ1n) is 10.2. The number of aromatic nitrogens is 1. The average Bonchev–Trinajstić information content (AvgIpc) is 3.27. The number of benzene rings is 1. The lowest BCUT2D eigenvalue weighted by Gasteiger charge is -2.36. The van der Waals surface area contributed by atoms with E-state index in [0.717, 1.165) is 49.9 Å². The van der Waals surface area contributed by atoms with Gasteiger partial charge in [-0.05, 0) is 24.6 Å². The topological polar surface area (TPSA) is 95.2 Å². The summed E-state index contributed by atoms with van der Waals surface area (Å²) in [5.74, 6) is 1.44. The van der Waals surface area contributed by atoms with Crippen molar-refractivity contribution in [3.05, 3.63) is 47.9 Å². The number of aliphatic imine (C=N–C) groups is 1. The molecule has 0 bridgehead atoms. The van der Waals surface area contributed by atoms with E-state index in [1.165, 1.54) is 0 Å². The van der Waals surface area contributed by atoms with Crippen molar-refractivity contribution in [2.75, 3.05) is 46.4 Å². The van der Waals surface area contributed by atoms with Gasteiger partial charge in [0.2, 0.25) is 0 Å². The highest BCUT2D eigenvalue weighted by Crippen LogP contribution is 2.13. The van der Waals surface area contributed by atoms with Gasteiger partial charge in [0, 0.05) is 58.9 Å². The molecule has 1 saturated heterocycles. The van der Waals surface area contributed by atoms with Crippen molar-refractivity contribution in [3.8, 4) is 5.75 Å². The number of carbonyl (C=O) groups excluding carboxylic acids is 1. The molecular weight excluding hydrogens is 384 g/mol. The number of amides is 1. The molecule has 162 valence electrons. The molecule has 0 atom stereocenters. The molecule has 1 amide bonds. The van der Waals surface area contributed by atoms with Gasteiger partial charge in [0.15, 0.2) is 12.6 Å². The second kappa shape index (κ2) is 11.2. The summed E-state index contributed by atoms with van der Waals surface area (Å²) in [5, 5.41) is 10.1. The van der Waals surface area contributed by atoms with Crippen molar-refractivity contribution in [2.45, 2.75) is 20.0 Å². The molecule has 1 aliphatic heterocycles. The van der Waals surface area contributed by atoms with Gasteiger partial charge in [0.1, 0.15) is 12.0 Å². The quantitative estimate of drug-likeness (QED) is 0.493. The van der Waals surface area contributed by atoms with E-state index in [2.05, 4.69) is 30.6 Å². The van der Waals surface area contributed by atoms with E-state index < -0.39 is 0 Å². The Morgan fingerprint density at radius 3 is 2.77 bits per heavy atom. The lowest BCUT2D eigenvalue weighted by Crippen LogP contribution is -2.52. The minimum Gasteiger partial charge on any atom is -0.484 e. The third kappa shape index (κ3) is 6.48. The van der Waals surface area contributed by atoms with Crippen LogP contribution >= 0.6 is 0 Å². The fourth-order valence-corrected chi connectivity index (χ4v) is 3.32. The molecule has 1 aromatic heterocycles. The van der Waals surface area contributed by atoms with E-state index in [1.54, 1.807) is 13.3 Å². The third-order valence-electron chi connectivity index (χ3n) is 4.85. The summed E-state index contributed by atoms with van der Waals surface area (Å²) in [6.07, 6.45) is 1.61. The number of likely N-dealkylation sites (N-methyl/N-ethyl adjacent to an activating group) is 1. The lowest BCUT2D eigenvalue weighted by molar-refractivity contribution is -0.122. The van der Waals surface area contributed by atoms with Crippen LogP contribution in [0.3, 0.4) is 0 Å². The van der Waals surface area contributed by atoms with Crippen molar-refractivity contribution in [3.63, 3.8) is 0 Å². The van der Waals surface area contributed by atoms with E-state index in [1.807, 2.05) is 37.3 Å². The van der Waals surface area contributed by atoms with E-state index in [9.17, 15) is 4.79 Å². The smallest absolute Gasteiger partial charge is 0.257 e. The van der Waals surface area contributed by atoms with Crippen LogP contribution in [0.25, 0.3) is 0 Å². The van der Waals surface area contributed by atoms with Crippen molar-refractivity contribution in [1.29, 1.82) is 0 Å². The number of carbonyl (C=O) groups is 1. The van der Waals surface area contributed by atoms with Gasteiger partial charge in [0.05, 0.1) is 5.69 Å². The van der Waals surface area contributed by atoms with Gasteiger partial charge in [-0.1, -0.05) is 17.3 Å². The molecule has 9 heteroatoms. The number of guanidine groups is 1. The highest BCUT2D eigenvalue weighted by Gasteiger charge is 2.20. The van der Waals surface area contributed by atoms with Gasteiger partial charge in [-0.15, -0.1) is 0 Å². The number of ether oxygens (including phenoxy) is 1. The normalized spacial score (nSPS) is 15.1. The zero-order chi connectivity index (χ0) is 21.2. The van der Waals surface area contributed by atoms with Crippen LogP contribution in [0.5, 0.6) is 5.75 Å². The van der Waals surface area contributed by atoms with E-state index >= 15 is 0 Å².